The summed E-state index contributed by atoms with van der Waals surface area (Å²) in [4.78, 5) is 12.3. The zero-order chi connectivity index (χ0) is 12.8. The summed E-state index contributed by atoms with van der Waals surface area (Å²) in [6, 6.07) is 3.15. The SMILES string of the molecule is O=C1Nc2cc(I)c(F)cc2NCC12CCCC2. The zero-order valence-electron chi connectivity index (χ0n) is 9.85. The Kier molecular flexibility index (Phi) is 2.96. The van der Waals surface area contributed by atoms with Crippen LogP contribution in [0.2, 0.25) is 0 Å². The molecule has 0 bridgehead atoms. The Morgan fingerprint density at radius 1 is 1.22 bits per heavy atom. The normalized spacial score (nSPS) is 21.1. The molecule has 1 saturated carbocycles. The molecule has 0 radical (unpaired) electrons. The molecular weight excluding hydrogens is 346 g/mol. The number of benzene rings is 1. The van der Waals surface area contributed by atoms with E-state index in [9.17, 15) is 9.18 Å². The Hall–Kier alpha value is -0.850. The van der Waals surface area contributed by atoms with Gasteiger partial charge < -0.3 is 10.6 Å². The van der Waals surface area contributed by atoms with Gasteiger partial charge in [0, 0.05) is 12.6 Å². The molecule has 1 aromatic carbocycles. The molecule has 0 atom stereocenters. The molecule has 2 aliphatic rings. The van der Waals surface area contributed by atoms with E-state index < -0.39 is 0 Å². The summed E-state index contributed by atoms with van der Waals surface area (Å²) in [5.41, 5.74) is 1.07. The van der Waals surface area contributed by atoms with Gasteiger partial charge in [-0.3, -0.25) is 4.79 Å². The molecule has 1 fully saturated rings. The molecule has 1 aromatic rings. The number of hydrogen-bond acceptors (Lipinski definition) is 2. The number of amides is 1. The van der Waals surface area contributed by atoms with Crippen LogP contribution in [0.4, 0.5) is 15.8 Å². The van der Waals surface area contributed by atoms with Crippen LogP contribution in [0.1, 0.15) is 25.7 Å². The Morgan fingerprint density at radius 3 is 2.67 bits per heavy atom. The van der Waals surface area contributed by atoms with Crippen molar-refractivity contribution in [2.24, 2.45) is 5.41 Å². The second kappa shape index (κ2) is 4.36. The highest BCUT2D eigenvalue weighted by Gasteiger charge is 2.42. The molecule has 1 spiro atoms. The number of carbonyl (C=O) groups is 1. The first-order chi connectivity index (χ1) is 8.61. The van der Waals surface area contributed by atoms with E-state index in [-0.39, 0.29) is 17.1 Å². The van der Waals surface area contributed by atoms with E-state index in [4.69, 9.17) is 0 Å². The van der Waals surface area contributed by atoms with Crippen LogP contribution < -0.4 is 10.6 Å². The van der Waals surface area contributed by atoms with E-state index in [0.717, 1.165) is 25.7 Å². The molecule has 96 valence electrons. The number of hydrogen-bond donors (Lipinski definition) is 2. The number of carbonyl (C=O) groups excluding carboxylic acids is 1. The monoisotopic (exact) mass is 360 g/mol. The van der Waals surface area contributed by atoms with Gasteiger partial charge in [-0.25, -0.2) is 4.39 Å². The Balaban J connectivity index is 1.98. The maximum Gasteiger partial charge on any atom is 0.232 e. The largest absolute Gasteiger partial charge is 0.382 e. The van der Waals surface area contributed by atoms with Crippen LogP contribution in [0.5, 0.6) is 0 Å². The molecule has 1 aliphatic heterocycles. The first kappa shape index (κ1) is 12.2. The second-order valence-electron chi connectivity index (χ2n) is 5.11. The molecular formula is C13H14FIN2O. The standard InChI is InChI=1S/C13H14FIN2O/c14-8-5-10-11(6-9(8)15)17-12(18)13(7-16-10)3-1-2-4-13/h5-6,16H,1-4,7H2,(H,17,18). The van der Waals surface area contributed by atoms with Crippen molar-refractivity contribution in [3.63, 3.8) is 0 Å². The highest BCUT2D eigenvalue weighted by atomic mass is 127. The molecule has 0 saturated heterocycles. The number of anilines is 2. The van der Waals surface area contributed by atoms with Crippen LogP contribution in [0.3, 0.4) is 0 Å². The molecule has 1 heterocycles. The minimum atomic E-state index is -0.305. The van der Waals surface area contributed by atoms with E-state index in [1.165, 1.54) is 6.07 Å². The van der Waals surface area contributed by atoms with Crippen molar-refractivity contribution in [2.75, 3.05) is 17.2 Å². The maximum absolute atomic E-state index is 13.5. The molecule has 2 N–H and O–H groups in total. The minimum Gasteiger partial charge on any atom is -0.382 e. The van der Waals surface area contributed by atoms with E-state index in [2.05, 4.69) is 10.6 Å². The Labute approximate surface area is 119 Å². The number of rotatable bonds is 0. The van der Waals surface area contributed by atoms with E-state index in [1.54, 1.807) is 6.07 Å². The fourth-order valence-corrected chi connectivity index (χ4v) is 3.32. The summed E-state index contributed by atoms with van der Waals surface area (Å²) >= 11 is 1.94. The van der Waals surface area contributed by atoms with Crippen molar-refractivity contribution in [3.05, 3.63) is 21.5 Å². The first-order valence-corrected chi connectivity index (χ1v) is 7.23. The number of halogens is 2. The average molecular weight is 360 g/mol. The van der Waals surface area contributed by atoms with Crippen molar-refractivity contribution in [2.45, 2.75) is 25.7 Å². The third-order valence-electron chi connectivity index (χ3n) is 3.97. The molecule has 1 amide bonds. The van der Waals surface area contributed by atoms with Gasteiger partial charge in [-0.2, -0.15) is 0 Å². The highest BCUT2D eigenvalue weighted by Crippen LogP contribution is 2.42. The van der Waals surface area contributed by atoms with E-state index >= 15 is 0 Å². The van der Waals surface area contributed by atoms with Gasteiger partial charge in [0.2, 0.25) is 5.91 Å². The Bertz CT molecular complexity index is 512. The van der Waals surface area contributed by atoms with E-state index in [1.807, 2.05) is 22.6 Å². The topological polar surface area (TPSA) is 41.1 Å². The van der Waals surface area contributed by atoms with Crippen molar-refractivity contribution < 1.29 is 9.18 Å². The van der Waals surface area contributed by atoms with Crippen molar-refractivity contribution in [3.8, 4) is 0 Å². The van der Waals surface area contributed by atoms with Crippen LogP contribution in [0, 0.1) is 14.8 Å². The second-order valence-corrected chi connectivity index (χ2v) is 6.27. The molecule has 0 aromatic heterocycles. The van der Waals surface area contributed by atoms with Crippen molar-refractivity contribution in [1.29, 1.82) is 0 Å². The molecule has 3 nitrogen and oxygen atoms in total. The first-order valence-electron chi connectivity index (χ1n) is 6.15. The molecule has 5 heteroatoms. The highest BCUT2D eigenvalue weighted by molar-refractivity contribution is 14.1. The van der Waals surface area contributed by atoms with E-state index in [0.29, 0.717) is 21.5 Å². The van der Waals surface area contributed by atoms with Crippen LogP contribution in [0.25, 0.3) is 0 Å². The molecule has 0 unspecified atom stereocenters. The summed E-state index contributed by atoms with van der Waals surface area (Å²) < 4.78 is 14.1. The fourth-order valence-electron chi connectivity index (χ4n) is 2.85. The summed E-state index contributed by atoms with van der Waals surface area (Å²) in [7, 11) is 0. The third-order valence-corrected chi connectivity index (χ3v) is 4.79. The summed E-state index contributed by atoms with van der Waals surface area (Å²) in [5.74, 6) is -0.174. The van der Waals surface area contributed by atoms with Crippen LogP contribution >= 0.6 is 22.6 Å². The lowest BCUT2D eigenvalue weighted by molar-refractivity contribution is -0.124. The molecule has 3 rings (SSSR count). The number of nitrogens with one attached hydrogen (secondary N) is 2. The maximum atomic E-state index is 13.5. The summed E-state index contributed by atoms with van der Waals surface area (Å²) in [6.45, 7) is 0.603. The van der Waals surface area contributed by atoms with Crippen LogP contribution in [-0.4, -0.2) is 12.5 Å². The summed E-state index contributed by atoms with van der Waals surface area (Å²) in [5, 5.41) is 6.18. The van der Waals surface area contributed by atoms with Crippen LogP contribution in [-0.2, 0) is 4.79 Å². The quantitative estimate of drug-likeness (QED) is 0.697. The van der Waals surface area contributed by atoms with Gasteiger partial charge in [-0.05, 0) is 41.5 Å². The fraction of sp³-hybridized carbons (Fsp3) is 0.462. The van der Waals surface area contributed by atoms with Gasteiger partial charge in [0.15, 0.2) is 0 Å². The predicted molar refractivity (Wildman–Crippen MR) is 77.1 cm³/mol. The van der Waals surface area contributed by atoms with Crippen LogP contribution in [0.15, 0.2) is 12.1 Å². The lowest BCUT2D eigenvalue weighted by atomic mass is 9.85. The third kappa shape index (κ3) is 1.88. The van der Waals surface area contributed by atoms with Gasteiger partial charge in [-0.1, -0.05) is 12.8 Å². The smallest absolute Gasteiger partial charge is 0.232 e. The van der Waals surface area contributed by atoms with Gasteiger partial charge in [0.25, 0.3) is 0 Å². The molecule has 18 heavy (non-hydrogen) atoms. The minimum absolute atomic E-state index is 0.0775. The van der Waals surface area contributed by atoms with Gasteiger partial charge in [-0.15, -0.1) is 0 Å². The summed E-state index contributed by atoms with van der Waals surface area (Å²) in [6.07, 6.45) is 4.02. The number of fused-ring (bicyclic) bond motifs is 1. The lowest BCUT2D eigenvalue weighted by Gasteiger charge is -2.24. The zero-order valence-corrected chi connectivity index (χ0v) is 12.0. The van der Waals surface area contributed by atoms with Crippen molar-refractivity contribution in [1.82, 2.24) is 0 Å². The average Bonchev–Trinajstić information content (AvgIpc) is 2.77. The van der Waals surface area contributed by atoms with Gasteiger partial charge >= 0.3 is 0 Å². The lowest BCUT2D eigenvalue weighted by Crippen LogP contribution is -2.37. The molecule has 1 aliphatic carbocycles. The Morgan fingerprint density at radius 2 is 1.94 bits per heavy atom. The predicted octanol–water partition coefficient (Wildman–Crippen LogP) is 3.35. The van der Waals surface area contributed by atoms with Gasteiger partial charge in [0.1, 0.15) is 5.82 Å². The van der Waals surface area contributed by atoms with Crippen molar-refractivity contribution >= 4 is 39.9 Å². The van der Waals surface area contributed by atoms with Gasteiger partial charge in [0.05, 0.1) is 20.4 Å².